The Morgan fingerprint density at radius 2 is 1.55 bits per heavy atom. The molecule has 1 aromatic carbocycles. The fourth-order valence-electron chi connectivity index (χ4n) is 1.31. The zero-order valence-corrected chi connectivity index (χ0v) is 10.8. The number of aliphatic hydroxyl groups excluding tert-OH is 4. The SMILES string of the molecule is O=Cc1ccc(OCC(O)CO)c(OCC(O)CO)c1. The van der Waals surface area contributed by atoms with Gasteiger partial charge in [-0.2, -0.15) is 0 Å². The fraction of sp³-hybridized carbons (Fsp3) is 0.462. The van der Waals surface area contributed by atoms with Gasteiger partial charge in [-0.15, -0.1) is 0 Å². The third-order valence-electron chi connectivity index (χ3n) is 2.39. The summed E-state index contributed by atoms with van der Waals surface area (Å²) in [6.07, 6.45) is -1.45. The standard InChI is InChI=1S/C13H18O7/c14-4-9-1-2-12(19-7-10(17)5-15)13(3-9)20-8-11(18)6-16/h1-4,10-11,15-18H,5-8H2. The van der Waals surface area contributed by atoms with E-state index in [0.29, 0.717) is 11.8 Å². The highest BCUT2D eigenvalue weighted by molar-refractivity contribution is 5.76. The lowest BCUT2D eigenvalue weighted by Gasteiger charge is -2.16. The van der Waals surface area contributed by atoms with Crippen LogP contribution in [0.2, 0.25) is 0 Å². The van der Waals surface area contributed by atoms with Crippen LogP contribution in [-0.4, -0.2) is 65.3 Å². The largest absolute Gasteiger partial charge is 0.487 e. The van der Waals surface area contributed by atoms with Crippen molar-refractivity contribution >= 4 is 6.29 Å². The zero-order valence-electron chi connectivity index (χ0n) is 10.8. The lowest BCUT2D eigenvalue weighted by molar-refractivity contribution is 0.0447. The summed E-state index contributed by atoms with van der Waals surface area (Å²) in [5.74, 6) is 0.459. The highest BCUT2D eigenvalue weighted by Gasteiger charge is 2.11. The van der Waals surface area contributed by atoms with Gasteiger partial charge < -0.3 is 29.9 Å². The van der Waals surface area contributed by atoms with E-state index in [9.17, 15) is 15.0 Å². The maximum absolute atomic E-state index is 10.7. The second-order valence-electron chi connectivity index (χ2n) is 4.12. The summed E-state index contributed by atoms with van der Waals surface area (Å²) in [6, 6.07) is 4.40. The van der Waals surface area contributed by atoms with Gasteiger partial charge in [0.25, 0.3) is 0 Å². The Morgan fingerprint density at radius 1 is 1.00 bits per heavy atom. The molecule has 112 valence electrons. The predicted octanol–water partition coefficient (Wildman–Crippen LogP) is -1.04. The number of hydrogen-bond acceptors (Lipinski definition) is 7. The molecule has 1 rings (SSSR count). The lowest BCUT2D eigenvalue weighted by atomic mass is 10.2. The molecule has 0 heterocycles. The minimum atomic E-state index is -1.05. The van der Waals surface area contributed by atoms with E-state index in [1.807, 2.05) is 0 Å². The Kier molecular flexibility index (Phi) is 6.96. The van der Waals surface area contributed by atoms with Gasteiger partial charge in [0.15, 0.2) is 11.5 Å². The van der Waals surface area contributed by atoms with Gasteiger partial charge in [0.2, 0.25) is 0 Å². The van der Waals surface area contributed by atoms with Crippen LogP contribution < -0.4 is 9.47 Å². The number of benzene rings is 1. The number of carbonyl (C=O) groups is 1. The molecule has 2 unspecified atom stereocenters. The number of hydrogen-bond donors (Lipinski definition) is 4. The molecular formula is C13H18O7. The van der Waals surface area contributed by atoms with Crippen LogP contribution in [0.15, 0.2) is 18.2 Å². The smallest absolute Gasteiger partial charge is 0.162 e. The van der Waals surface area contributed by atoms with Crippen molar-refractivity contribution < 1.29 is 34.7 Å². The molecule has 0 bridgehead atoms. The zero-order chi connectivity index (χ0) is 15.0. The molecule has 4 N–H and O–H groups in total. The molecule has 0 aliphatic rings. The molecule has 1 aromatic rings. The molecule has 7 heteroatoms. The molecule has 7 nitrogen and oxygen atoms in total. The topological polar surface area (TPSA) is 116 Å². The molecule has 0 fully saturated rings. The summed E-state index contributed by atoms with van der Waals surface area (Å²) >= 11 is 0. The van der Waals surface area contributed by atoms with E-state index in [1.165, 1.54) is 18.2 Å². The second kappa shape index (κ2) is 8.49. The summed E-state index contributed by atoms with van der Waals surface area (Å²) in [7, 11) is 0. The van der Waals surface area contributed by atoms with Crippen molar-refractivity contribution in [1.82, 2.24) is 0 Å². The molecule has 0 radical (unpaired) electrons. The molecule has 2 atom stereocenters. The van der Waals surface area contributed by atoms with Gasteiger partial charge in [-0.05, 0) is 18.2 Å². The van der Waals surface area contributed by atoms with Crippen LogP contribution in [0.4, 0.5) is 0 Å². The molecule has 0 aromatic heterocycles. The van der Waals surface area contributed by atoms with Crippen LogP contribution in [0.5, 0.6) is 11.5 Å². The first-order valence-electron chi connectivity index (χ1n) is 6.03. The Morgan fingerprint density at radius 3 is 2.05 bits per heavy atom. The maximum atomic E-state index is 10.7. The molecular weight excluding hydrogens is 268 g/mol. The lowest BCUT2D eigenvalue weighted by Crippen LogP contribution is -2.23. The van der Waals surface area contributed by atoms with Crippen molar-refractivity contribution in [3.63, 3.8) is 0 Å². The minimum Gasteiger partial charge on any atom is -0.487 e. The van der Waals surface area contributed by atoms with Gasteiger partial charge in [-0.1, -0.05) is 0 Å². The van der Waals surface area contributed by atoms with Crippen LogP contribution in [0.25, 0.3) is 0 Å². The normalized spacial score (nSPS) is 13.6. The molecule has 0 aliphatic carbocycles. The van der Waals surface area contributed by atoms with E-state index in [4.69, 9.17) is 19.7 Å². The van der Waals surface area contributed by atoms with Gasteiger partial charge in [-0.3, -0.25) is 4.79 Å². The van der Waals surface area contributed by atoms with E-state index >= 15 is 0 Å². The van der Waals surface area contributed by atoms with E-state index in [0.717, 1.165) is 0 Å². The average Bonchev–Trinajstić information content (AvgIpc) is 2.50. The maximum Gasteiger partial charge on any atom is 0.162 e. The van der Waals surface area contributed by atoms with Crippen molar-refractivity contribution in [3.8, 4) is 11.5 Å². The quantitative estimate of drug-likeness (QED) is 0.429. The second-order valence-corrected chi connectivity index (χ2v) is 4.12. The predicted molar refractivity (Wildman–Crippen MR) is 69.0 cm³/mol. The number of carbonyl (C=O) groups excluding carboxylic acids is 1. The van der Waals surface area contributed by atoms with Crippen molar-refractivity contribution in [1.29, 1.82) is 0 Å². The van der Waals surface area contributed by atoms with Crippen molar-refractivity contribution in [2.75, 3.05) is 26.4 Å². The first-order valence-corrected chi connectivity index (χ1v) is 6.03. The number of aliphatic hydroxyl groups is 4. The van der Waals surface area contributed by atoms with Crippen LogP contribution in [0, 0.1) is 0 Å². The van der Waals surface area contributed by atoms with Crippen LogP contribution >= 0.6 is 0 Å². The van der Waals surface area contributed by atoms with E-state index in [2.05, 4.69) is 0 Å². The Labute approximate surface area is 116 Å². The van der Waals surface area contributed by atoms with Gasteiger partial charge in [-0.25, -0.2) is 0 Å². The summed E-state index contributed by atoms with van der Waals surface area (Å²) in [6.45, 7) is -1.20. The first kappa shape index (κ1) is 16.4. The summed E-state index contributed by atoms with van der Waals surface area (Å²) in [5, 5.41) is 35.9. The van der Waals surface area contributed by atoms with Crippen molar-refractivity contribution in [3.05, 3.63) is 23.8 Å². The number of ether oxygens (including phenoxy) is 2. The van der Waals surface area contributed by atoms with Crippen molar-refractivity contribution in [2.45, 2.75) is 12.2 Å². The molecule has 0 amide bonds. The highest BCUT2D eigenvalue weighted by Crippen LogP contribution is 2.28. The Balaban J connectivity index is 2.77. The van der Waals surface area contributed by atoms with Crippen LogP contribution in [0.3, 0.4) is 0 Å². The molecule has 0 saturated carbocycles. The third-order valence-corrected chi connectivity index (χ3v) is 2.39. The average molecular weight is 286 g/mol. The van der Waals surface area contributed by atoms with Gasteiger partial charge in [0.05, 0.1) is 13.2 Å². The summed E-state index contributed by atoms with van der Waals surface area (Å²) < 4.78 is 10.5. The Bertz CT molecular complexity index is 421. The van der Waals surface area contributed by atoms with Gasteiger partial charge in [0.1, 0.15) is 31.7 Å². The molecule has 0 spiro atoms. The van der Waals surface area contributed by atoms with Crippen LogP contribution in [-0.2, 0) is 0 Å². The van der Waals surface area contributed by atoms with Gasteiger partial charge >= 0.3 is 0 Å². The first-order chi connectivity index (χ1) is 9.60. The number of rotatable bonds is 9. The number of aldehydes is 1. The third kappa shape index (κ3) is 5.14. The van der Waals surface area contributed by atoms with E-state index < -0.39 is 25.4 Å². The highest BCUT2D eigenvalue weighted by atomic mass is 16.5. The minimum absolute atomic E-state index is 0.143. The van der Waals surface area contributed by atoms with Crippen LogP contribution in [0.1, 0.15) is 10.4 Å². The molecule has 20 heavy (non-hydrogen) atoms. The fourth-order valence-corrected chi connectivity index (χ4v) is 1.31. The summed E-state index contributed by atoms with van der Waals surface area (Å²) in [5.41, 5.74) is 0.355. The van der Waals surface area contributed by atoms with Crippen molar-refractivity contribution in [2.24, 2.45) is 0 Å². The van der Waals surface area contributed by atoms with E-state index in [-0.39, 0.29) is 24.7 Å². The Hall–Kier alpha value is -1.67. The van der Waals surface area contributed by atoms with E-state index in [1.54, 1.807) is 0 Å². The molecule has 0 saturated heterocycles. The van der Waals surface area contributed by atoms with Gasteiger partial charge in [0, 0.05) is 5.56 Å². The molecule has 0 aliphatic heterocycles. The summed E-state index contributed by atoms with van der Waals surface area (Å²) in [4.78, 5) is 10.7. The monoisotopic (exact) mass is 286 g/mol.